The summed E-state index contributed by atoms with van der Waals surface area (Å²) in [7, 11) is 1.18. The van der Waals surface area contributed by atoms with Crippen LogP contribution in [0.15, 0.2) is 65.5 Å². The number of nitrogens with one attached hydrogen (secondary N) is 2. The van der Waals surface area contributed by atoms with Crippen LogP contribution in [0, 0.1) is 29.6 Å². The largest absolute Gasteiger partial charge is 0.508 e. The van der Waals surface area contributed by atoms with Crippen molar-refractivity contribution in [3.05, 3.63) is 71.2 Å². The summed E-state index contributed by atoms with van der Waals surface area (Å²) >= 11 is 2.54. The molecule has 3 atom stereocenters. The number of rotatable bonds is 8. The van der Waals surface area contributed by atoms with Crippen LogP contribution in [0.5, 0.6) is 5.75 Å². The molecule has 1 unspecified atom stereocenters. The first kappa shape index (κ1) is 37.0. The first-order chi connectivity index (χ1) is 25.0. The predicted octanol–water partition coefficient (Wildman–Crippen LogP) is 5.38. The second-order valence-electron chi connectivity index (χ2n) is 12.6. The van der Waals surface area contributed by atoms with E-state index in [-0.39, 0.29) is 46.2 Å². The quantitative estimate of drug-likeness (QED) is 0.133. The monoisotopic (exact) mass is 739 g/mol. The van der Waals surface area contributed by atoms with Gasteiger partial charge >= 0.3 is 6.09 Å². The number of aliphatic hydroxyl groups is 1. The van der Waals surface area contributed by atoms with Crippen LogP contribution in [0.2, 0.25) is 0 Å². The predicted molar refractivity (Wildman–Crippen MR) is 201 cm³/mol. The lowest BCUT2D eigenvalue weighted by Gasteiger charge is -2.39. The van der Waals surface area contributed by atoms with Gasteiger partial charge in [0.2, 0.25) is 0 Å². The van der Waals surface area contributed by atoms with E-state index in [4.69, 9.17) is 9.47 Å². The number of aromatic nitrogens is 2. The molecule has 0 saturated heterocycles. The Kier molecular flexibility index (Phi) is 11.3. The van der Waals surface area contributed by atoms with Crippen molar-refractivity contribution in [2.45, 2.75) is 62.1 Å². The lowest BCUT2D eigenvalue weighted by atomic mass is 9.81. The van der Waals surface area contributed by atoms with Crippen LogP contribution in [0.25, 0.3) is 21.8 Å². The Morgan fingerprint density at radius 1 is 1.15 bits per heavy atom. The van der Waals surface area contributed by atoms with Crippen molar-refractivity contribution in [2.24, 2.45) is 5.92 Å². The van der Waals surface area contributed by atoms with Gasteiger partial charge in [0.15, 0.2) is 16.7 Å². The highest BCUT2D eigenvalue weighted by Crippen LogP contribution is 2.44. The second-order valence-corrected chi connectivity index (χ2v) is 15.0. The summed E-state index contributed by atoms with van der Waals surface area (Å²) in [6.07, 6.45) is 6.55. The number of thioether (sulfide) groups is 2. The fraction of sp³-hybridized carbons (Fsp3) is 0.359. The number of ketones is 2. The zero-order chi connectivity index (χ0) is 37.0. The number of carbonyl (C=O) groups is 4. The molecule has 2 heterocycles. The molecule has 52 heavy (non-hydrogen) atoms. The zero-order valence-electron chi connectivity index (χ0n) is 28.8. The maximum absolute atomic E-state index is 14.4. The molecule has 3 aliphatic rings. The van der Waals surface area contributed by atoms with Crippen LogP contribution in [0.1, 0.15) is 49.5 Å². The SMILES string of the molecule is COC(=O)NC1=C2C#C/C=C\C#C[C@H](OC3CCC(SC)(C(=O)c4nccc5c4[nH]c4ccc(O)cc45)CC3)C2/C(=C\CSC(C)=O)[C@@H](O)CC1=O. The summed E-state index contributed by atoms with van der Waals surface area (Å²) in [5, 5.41) is 25.5. The number of hydrogen-bond acceptors (Lipinski definition) is 11. The number of ether oxygens (including phenoxy) is 2. The second kappa shape index (κ2) is 15.8. The molecule has 11 nitrogen and oxygen atoms in total. The van der Waals surface area contributed by atoms with E-state index in [1.54, 1.807) is 36.5 Å². The number of alkyl carbamates (subject to hydrolysis) is 1. The van der Waals surface area contributed by atoms with Crippen LogP contribution in [0.4, 0.5) is 4.79 Å². The first-order valence-electron chi connectivity index (χ1n) is 16.7. The number of Topliss-reactive ketones (excluding diaryl/α,β-unsaturated/α-hetero) is 2. The normalized spacial score (nSPS) is 25.8. The van der Waals surface area contributed by atoms with Gasteiger partial charge in [-0.05, 0) is 73.9 Å². The molecule has 268 valence electrons. The minimum atomic E-state index is -1.27. The number of amides is 1. The minimum absolute atomic E-state index is 0.0928. The van der Waals surface area contributed by atoms with E-state index < -0.39 is 34.7 Å². The van der Waals surface area contributed by atoms with Crippen molar-refractivity contribution in [3.63, 3.8) is 0 Å². The van der Waals surface area contributed by atoms with E-state index in [9.17, 15) is 29.4 Å². The van der Waals surface area contributed by atoms with Gasteiger partial charge < -0.3 is 24.7 Å². The topological polar surface area (TPSA) is 168 Å². The third-order valence-electron chi connectivity index (χ3n) is 9.59. The first-order valence-corrected chi connectivity index (χ1v) is 18.9. The number of aromatic hydroxyl groups is 1. The van der Waals surface area contributed by atoms with E-state index in [0.29, 0.717) is 42.5 Å². The van der Waals surface area contributed by atoms with Crippen LogP contribution in [0.3, 0.4) is 0 Å². The van der Waals surface area contributed by atoms with Gasteiger partial charge in [0.1, 0.15) is 17.5 Å². The summed E-state index contributed by atoms with van der Waals surface area (Å²) in [4.78, 5) is 59.9. The number of phenols is 1. The molecule has 2 aromatic heterocycles. The average molecular weight is 740 g/mol. The number of fused-ring (bicyclic) bond motifs is 4. The lowest BCUT2D eigenvalue weighted by molar-refractivity contribution is -0.117. The molecular weight excluding hydrogens is 703 g/mol. The van der Waals surface area contributed by atoms with Gasteiger partial charge in [-0.25, -0.2) is 4.79 Å². The van der Waals surface area contributed by atoms with Gasteiger partial charge in [-0.2, -0.15) is 11.8 Å². The average Bonchev–Trinajstić information content (AvgIpc) is 3.51. The Morgan fingerprint density at radius 3 is 2.65 bits per heavy atom. The Hall–Kier alpha value is -4.79. The number of methoxy groups -OCH3 is 1. The molecule has 0 radical (unpaired) electrons. The van der Waals surface area contributed by atoms with Gasteiger partial charge in [0.05, 0.1) is 41.2 Å². The fourth-order valence-corrected chi connectivity index (χ4v) is 8.44. The Bertz CT molecular complexity index is 2170. The van der Waals surface area contributed by atoms with E-state index in [1.807, 2.05) is 12.3 Å². The van der Waals surface area contributed by atoms with Crippen LogP contribution in [-0.2, 0) is 19.1 Å². The minimum Gasteiger partial charge on any atom is -0.508 e. The van der Waals surface area contributed by atoms with E-state index in [0.717, 1.165) is 28.1 Å². The molecule has 1 amide bonds. The smallest absolute Gasteiger partial charge is 0.411 e. The van der Waals surface area contributed by atoms with Crippen molar-refractivity contribution in [1.29, 1.82) is 0 Å². The molecule has 13 heteroatoms. The summed E-state index contributed by atoms with van der Waals surface area (Å²) < 4.78 is 10.8. The van der Waals surface area contributed by atoms with Crippen molar-refractivity contribution < 1.29 is 38.9 Å². The lowest BCUT2D eigenvalue weighted by Crippen LogP contribution is -2.43. The molecule has 0 spiro atoms. The van der Waals surface area contributed by atoms with Gasteiger partial charge in [0.25, 0.3) is 0 Å². The molecule has 0 aliphatic heterocycles. The number of aliphatic hydroxyl groups excluding tert-OH is 1. The molecule has 1 aromatic carbocycles. The summed E-state index contributed by atoms with van der Waals surface area (Å²) in [5.41, 5.74) is 2.26. The highest BCUT2D eigenvalue weighted by Gasteiger charge is 2.45. The van der Waals surface area contributed by atoms with Crippen LogP contribution in [-0.4, -0.2) is 85.1 Å². The van der Waals surface area contributed by atoms with E-state index in [2.05, 4.69) is 39.0 Å². The molecule has 1 fully saturated rings. The van der Waals surface area contributed by atoms with Gasteiger partial charge in [0, 0.05) is 47.2 Å². The number of pyridine rings is 1. The Morgan fingerprint density at radius 2 is 1.92 bits per heavy atom. The van der Waals surface area contributed by atoms with Crippen LogP contribution >= 0.6 is 23.5 Å². The van der Waals surface area contributed by atoms with E-state index >= 15 is 0 Å². The number of hydrogen-bond donors (Lipinski definition) is 4. The Balaban J connectivity index is 1.32. The number of nitrogens with zero attached hydrogens (tertiary/aromatic N) is 1. The van der Waals surface area contributed by atoms with Crippen molar-refractivity contribution in [1.82, 2.24) is 15.3 Å². The fourth-order valence-electron chi connectivity index (χ4n) is 7.00. The van der Waals surface area contributed by atoms with Crippen molar-refractivity contribution in [2.75, 3.05) is 19.1 Å². The van der Waals surface area contributed by atoms with Crippen molar-refractivity contribution in [3.8, 4) is 29.4 Å². The van der Waals surface area contributed by atoms with Gasteiger partial charge in [-0.3, -0.25) is 24.7 Å². The molecule has 3 aromatic rings. The zero-order valence-corrected chi connectivity index (χ0v) is 30.4. The number of aromatic amines is 1. The number of benzene rings is 1. The molecule has 4 N–H and O–H groups in total. The number of H-pyrrole nitrogens is 1. The molecule has 6 rings (SSSR count). The highest BCUT2D eigenvalue weighted by atomic mass is 32.2. The Labute approximate surface area is 309 Å². The number of carbonyl (C=O) groups excluding carboxylic acids is 4. The van der Waals surface area contributed by atoms with E-state index in [1.165, 1.54) is 31.9 Å². The number of allylic oxidation sites excluding steroid dienone is 3. The van der Waals surface area contributed by atoms with Gasteiger partial charge in [-0.1, -0.05) is 41.5 Å². The van der Waals surface area contributed by atoms with Crippen LogP contribution < -0.4 is 5.32 Å². The molecule has 1 saturated carbocycles. The van der Waals surface area contributed by atoms with Crippen molar-refractivity contribution >= 4 is 68.1 Å². The third kappa shape index (κ3) is 7.55. The molecule has 3 aliphatic carbocycles. The maximum Gasteiger partial charge on any atom is 0.411 e. The number of phenolic OH excluding ortho intramolecular Hbond substituents is 1. The standard InChI is InChI=1S/C39H37N3O8S2/c1-22(43)52-19-15-26-30(45)21-31(46)34(42-38(48)49-2)27-8-6-4-5-7-9-32(33(26)27)50-24-12-16-39(51-3,17-13-24)37(47)36-35-25(14-18-40-36)28-20-23(44)10-11-29(28)41-35/h4-5,10-11,14-15,18,20,24,30,32-33,41,44-45H,12-13,16-17,19,21H2,1-3H3,(H,42,48)/b5-4-,26-15-/t24?,30-,32-,33?,39?/m0/s1. The summed E-state index contributed by atoms with van der Waals surface area (Å²) in [6, 6.07) is 6.86. The summed E-state index contributed by atoms with van der Waals surface area (Å²) in [5.74, 6) is 10.9. The molecule has 0 bridgehead atoms. The summed E-state index contributed by atoms with van der Waals surface area (Å²) in [6.45, 7) is 1.44. The highest BCUT2D eigenvalue weighted by molar-refractivity contribution is 8.13. The molecular formula is C39H37N3O8S2. The maximum atomic E-state index is 14.4. The van der Waals surface area contributed by atoms with Gasteiger partial charge in [-0.15, -0.1) is 0 Å². The third-order valence-corrected chi connectivity index (χ3v) is 11.7.